The van der Waals surface area contributed by atoms with E-state index >= 15 is 0 Å². The maximum atomic E-state index is 11.3. The fraction of sp³-hybridized carbons (Fsp3) is 0.500. The van der Waals surface area contributed by atoms with Crippen LogP contribution in [0.5, 0.6) is 0 Å². The first-order valence-corrected chi connectivity index (χ1v) is 7.89. The Labute approximate surface area is 126 Å². The molecule has 1 atom stereocenters. The van der Waals surface area contributed by atoms with E-state index in [9.17, 15) is 9.90 Å². The highest BCUT2D eigenvalue weighted by Crippen LogP contribution is 2.36. The number of carboxylic acid groups (broad SMARTS) is 1. The summed E-state index contributed by atoms with van der Waals surface area (Å²) in [5.41, 5.74) is 0.725. The van der Waals surface area contributed by atoms with Gasteiger partial charge in [0.2, 0.25) is 5.89 Å². The van der Waals surface area contributed by atoms with E-state index in [4.69, 9.17) is 4.42 Å². The molecule has 0 fully saturated rings. The third-order valence-corrected chi connectivity index (χ3v) is 4.68. The number of carbonyl (C=O) groups is 1. The molecular formula is C14H17N3O3S. The summed E-state index contributed by atoms with van der Waals surface area (Å²) in [6, 6.07) is 0. The molecule has 2 heterocycles. The van der Waals surface area contributed by atoms with Crippen molar-refractivity contribution < 1.29 is 14.3 Å². The van der Waals surface area contributed by atoms with Crippen LogP contribution in [-0.4, -0.2) is 21.0 Å². The summed E-state index contributed by atoms with van der Waals surface area (Å²) >= 11 is 1.53. The normalized spacial score (nSPS) is 17.5. The quantitative estimate of drug-likeness (QED) is 0.883. The lowest BCUT2D eigenvalue weighted by atomic mass is 9.91. The summed E-state index contributed by atoms with van der Waals surface area (Å²) in [6.07, 6.45) is 5.04. The average Bonchev–Trinajstić information content (AvgIpc) is 3.10. The number of fused-ring (bicyclic) bond motifs is 1. The lowest BCUT2D eigenvalue weighted by Gasteiger charge is -2.16. The van der Waals surface area contributed by atoms with Crippen molar-refractivity contribution in [1.82, 2.24) is 9.97 Å². The molecular weight excluding hydrogens is 290 g/mol. The molecule has 0 aliphatic heterocycles. The van der Waals surface area contributed by atoms with E-state index in [1.54, 1.807) is 6.20 Å². The van der Waals surface area contributed by atoms with Gasteiger partial charge in [0.05, 0.1) is 18.4 Å². The fourth-order valence-electron chi connectivity index (χ4n) is 2.48. The zero-order valence-corrected chi connectivity index (χ0v) is 12.6. The molecule has 0 aromatic carbocycles. The van der Waals surface area contributed by atoms with Crippen molar-refractivity contribution >= 4 is 22.4 Å². The summed E-state index contributed by atoms with van der Waals surface area (Å²) in [5, 5.41) is 13.2. The number of rotatable bonds is 5. The number of nitrogens with one attached hydrogen (secondary N) is 1. The van der Waals surface area contributed by atoms with Crippen LogP contribution in [0.3, 0.4) is 0 Å². The number of hydrogen-bond donors (Lipinski definition) is 2. The molecule has 0 amide bonds. The number of nitrogens with zero attached hydrogens (tertiary/aromatic N) is 2. The smallest absolute Gasteiger partial charge is 0.312 e. The van der Waals surface area contributed by atoms with Gasteiger partial charge in [0.1, 0.15) is 11.7 Å². The number of anilines is 1. The van der Waals surface area contributed by atoms with Gasteiger partial charge in [-0.2, -0.15) is 0 Å². The number of hydrogen-bond acceptors (Lipinski definition) is 6. The lowest BCUT2D eigenvalue weighted by Crippen LogP contribution is -2.17. The highest BCUT2D eigenvalue weighted by Gasteiger charge is 2.29. The Balaban J connectivity index is 1.71. The molecule has 3 rings (SSSR count). The van der Waals surface area contributed by atoms with Gasteiger partial charge in [0.15, 0.2) is 5.13 Å². The van der Waals surface area contributed by atoms with Crippen molar-refractivity contribution in [2.75, 3.05) is 5.32 Å². The maximum absolute atomic E-state index is 11.3. The predicted octanol–water partition coefficient (Wildman–Crippen LogP) is 2.81. The molecule has 2 N–H and O–H groups in total. The molecule has 1 unspecified atom stereocenters. The van der Waals surface area contributed by atoms with Gasteiger partial charge in [-0.3, -0.25) is 4.79 Å². The summed E-state index contributed by atoms with van der Waals surface area (Å²) in [7, 11) is 0. The Morgan fingerprint density at radius 2 is 2.48 bits per heavy atom. The summed E-state index contributed by atoms with van der Waals surface area (Å²) in [6.45, 7) is 2.47. The van der Waals surface area contributed by atoms with Crippen LogP contribution in [0.25, 0.3) is 0 Å². The van der Waals surface area contributed by atoms with Crippen molar-refractivity contribution in [2.24, 2.45) is 0 Å². The second-order valence-corrected chi connectivity index (χ2v) is 6.12. The maximum Gasteiger partial charge on any atom is 0.312 e. The van der Waals surface area contributed by atoms with Gasteiger partial charge >= 0.3 is 5.97 Å². The van der Waals surface area contributed by atoms with Gasteiger partial charge in [-0.05, 0) is 19.3 Å². The highest BCUT2D eigenvalue weighted by molar-refractivity contribution is 7.15. The topological polar surface area (TPSA) is 88.2 Å². The molecule has 1 aliphatic rings. The van der Waals surface area contributed by atoms with Gasteiger partial charge in [0.25, 0.3) is 0 Å². The molecule has 0 bridgehead atoms. The van der Waals surface area contributed by atoms with Gasteiger partial charge < -0.3 is 14.8 Å². The van der Waals surface area contributed by atoms with E-state index in [0.717, 1.165) is 40.7 Å². The molecule has 0 radical (unpaired) electrons. The van der Waals surface area contributed by atoms with Gasteiger partial charge in [-0.25, -0.2) is 9.97 Å². The standard InChI is InChI=1S/C14H17N3O3S/c1-2-8-6-15-11(20-8)7-16-14-17-12-9(13(18)19)4-3-5-10(12)21-14/h6,9H,2-5,7H2,1H3,(H,16,17)(H,18,19). The predicted molar refractivity (Wildman–Crippen MR) is 78.6 cm³/mol. The van der Waals surface area contributed by atoms with E-state index in [-0.39, 0.29) is 0 Å². The third kappa shape index (κ3) is 2.92. The van der Waals surface area contributed by atoms with Crippen LogP contribution in [0.15, 0.2) is 10.6 Å². The third-order valence-electron chi connectivity index (χ3n) is 3.59. The molecule has 0 saturated heterocycles. The molecule has 21 heavy (non-hydrogen) atoms. The van der Waals surface area contributed by atoms with Crippen molar-refractivity contribution in [2.45, 2.75) is 45.1 Å². The van der Waals surface area contributed by atoms with Crippen LogP contribution >= 0.6 is 11.3 Å². The van der Waals surface area contributed by atoms with Gasteiger partial charge in [-0.15, -0.1) is 11.3 Å². The monoisotopic (exact) mass is 307 g/mol. The first-order valence-electron chi connectivity index (χ1n) is 7.07. The Bertz CT molecular complexity index is 650. The van der Waals surface area contributed by atoms with E-state index in [0.29, 0.717) is 18.9 Å². The number of aryl methyl sites for hydroxylation is 2. The Morgan fingerprint density at radius 3 is 3.19 bits per heavy atom. The Morgan fingerprint density at radius 1 is 1.62 bits per heavy atom. The van der Waals surface area contributed by atoms with Gasteiger partial charge in [-0.1, -0.05) is 6.92 Å². The first-order chi connectivity index (χ1) is 10.2. The van der Waals surface area contributed by atoms with Gasteiger partial charge in [0, 0.05) is 11.3 Å². The summed E-state index contributed by atoms with van der Waals surface area (Å²) in [4.78, 5) is 21.0. The van der Waals surface area contributed by atoms with E-state index in [1.165, 1.54) is 11.3 Å². The molecule has 0 spiro atoms. The SMILES string of the molecule is CCc1cnc(CNc2nc3c(s2)CCCC3C(=O)O)o1. The fourth-order valence-corrected chi connectivity index (χ4v) is 3.54. The van der Waals surface area contributed by atoms with Crippen LogP contribution in [0.4, 0.5) is 5.13 Å². The minimum atomic E-state index is -0.784. The average molecular weight is 307 g/mol. The van der Waals surface area contributed by atoms with Crippen molar-refractivity contribution in [1.29, 1.82) is 0 Å². The zero-order valence-electron chi connectivity index (χ0n) is 11.8. The Hall–Kier alpha value is -1.89. The van der Waals surface area contributed by atoms with Crippen molar-refractivity contribution in [3.8, 4) is 0 Å². The molecule has 2 aromatic rings. The van der Waals surface area contributed by atoms with Crippen LogP contribution in [0.2, 0.25) is 0 Å². The number of carboxylic acids is 1. The lowest BCUT2D eigenvalue weighted by molar-refractivity contribution is -0.139. The minimum absolute atomic E-state index is 0.462. The van der Waals surface area contributed by atoms with E-state index in [2.05, 4.69) is 15.3 Å². The molecule has 2 aromatic heterocycles. The second-order valence-electron chi connectivity index (χ2n) is 5.04. The molecule has 6 nitrogen and oxygen atoms in total. The molecule has 112 valence electrons. The van der Waals surface area contributed by atoms with Crippen molar-refractivity contribution in [3.63, 3.8) is 0 Å². The van der Waals surface area contributed by atoms with Crippen LogP contribution in [0.1, 0.15) is 47.9 Å². The van der Waals surface area contributed by atoms with E-state index < -0.39 is 11.9 Å². The van der Waals surface area contributed by atoms with Crippen LogP contribution in [-0.2, 0) is 24.2 Å². The highest BCUT2D eigenvalue weighted by atomic mass is 32.1. The van der Waals surface area contributed by atoms with Crippen molar-refractivity contribution in [3.05, 3.63) is 28.4 Å². The number of aliphatic carboxylic acids is 1. The number of thiazole rings is 1. The summed E-state index contributed by atoms with van der Waals surface area (Å²) in [5.74, 6) is 0.230. The zero-order chi connectivity index (χ0) is 14.8. The molecule has 1 aliphatic carbocycles. The van der Waals surface area contributed by atoms with Crippen LogP contribution in [0, 0.1) is 0 Å². The molecule has 0 saturated carbocycles. The first kappa shape index (κ1) is 14.1. The largest absolute Gasteiger partial charge is 0.481 e. The summed E-state index contributed by atoms with van der Waals surface area (Å²) < 4.78 is 5.53. The Kier molecular flexibility index (Phi) is 3.92. The number of oxazole rings is 1. The second kappa shape index (κ2) is 5.85. The number of aromatic nitrogens is 2. The van der Waals surface area contributed by atoms with Crippen LogP contribution < -0.4 is 5.32 Å². The van der Waals surface area contributed by atoms with E-state index in [1.807, 2.05) is 6.92 Å². The molecule has 7 heteroatoms. The minimum Gasteiger partial charge on any atom is -0.481 e.